The molecule has 1 amide bonds. The first kappa shape index (κ1) is 21.1. The van der Waals surface area contributed by atoms with E-state index >= 15 is 0 Å². The number of hydrogen-bond acceptors (Lipinski definition) is 5. The summed E-state index contributed by atoms with van der Waals surface area (Å²) in [5.74, 6) is 1.75. The summed E-state index contributed by atoms with van der Waals surface area (Å²) in [5, 5.41) is 2.89. The number of benzene rings is 2. The van der Waals surface area contributed by atoms with Gasteiger partial charge in [0.15, 0.2) is 11.5 Å². The van der Waals surface area contributed by atoms with Gasteiger partial charge in [-0.3, -0.25) is 4.79 Å². The standard InChI is InChI=1S/C23H23FN2O4/c1-28-20-9-3-16(13-21(20)29-2)4-10-22(27)26-15-17-11-12-25-23(14-17)30-19-7-5-18(24)6-8-19/h3,5-9,11-14H,4,10,15H2,1-2H3,(H,26,27). The number of hydrogen-bond donors (Lipinski definition) is 1. The third-order valence-electron chi connectivity index (χ3n) is 4.41. The number of pyridine rings is 1. The Hall–Kier alpha value is -3.61. The summed E-state index contributed by atoms with van der Waals surface area (Å²) >= 11 is 0. The van der Waals surface area contributed by atoms with Gasteiger partial charge < -0.3 is 19.5 Å². The van der Waals surface area contributed by atoms with E-state index < -0.39 is 0 Å². The Labute approximate surface area is 174 Å². The maximum Gasteiger partial charge on any atom is 0.220 e. The Bertz CT molecular complexity index is 993. The highest BCUT2D eigenvalue weighted by Gasteiger charge is 2.08. The zero-order chi connectivity index (χ0) is 21.3. The third-order valence-corrected chi connectivity index (χ3v) is 4.41. The first-order chi connectivity index (χ1) is 14.6. The third kappa shape index (κ3) is 5.94. The summed E-state index contributed by atoms with van der Waals surface area (Å²) in [6, 6.07) is 14.8. The molecule has 7 heteroatoms. The van der Waals surface area contributed by atoms with Crippen molar-refractivity contribution in [2.45, 2.75) is 19.4 Å². The van der Waals surface area contributed by atoms with E-state index in [1.807, 2.05) is 18.2 Å². The molecule has 0 spiro atoms. The maximum atomic E-state index is 13.0. The lowest BCUT2D eigenvalue weighted by molar-refractivity contribution is -0.121. The molecule has 0 saturated carbocycles. The summed E-state index contributed by atoms with van der Waals surface area (Å²) in [5.41, 5.74) is 1.84. The Morgan fingerprint density at radius 3 is 2.47 bits per heavy atom. The van der Waals surface area contributed by atoms with E-state index in [4.69, 9.17) is 14.2 Å². The lowest BCUT2D eigenvalue weighted by Crippen LogP contribution is -2.23. The second-order valence-corrected chi connectivity index (χ2v) is 6.52. The van der Waals surface area contributed by atoms with Crippen LogP contribution in [-0.2, 0) is 17.8 Å². The van der Waals surface area contributed by atoms with Crippen LogP contribution < -0.4 is 19.5 Å². The van der Waals surface area contributed by atoms with Crippen molar-refractivity contribution in [2.75, 3.05) is 14.2 Å². The van der Waals surface area contributed by atoms with Crippen LogP contribution in [-0.4, -0.2) is 25.1 Å². The Morgan fingerprint density at radius 1 is 0.967 bits per heavy atom. The Kier molecular flexibility index (Phi) is 7.21. The molecule has 0 fully saturated rings. The van der Waals surface area contributed by atoms with Crippen LogP contribution in [0.4, 0.5) is 4.39 Å². The number of rotatable bonds is 9. The monoisotopic (exact) mass is 410 g/mol. The largest absolute Gasteiger partial charge is 0.493 e. The van der Waals surface area contributed by atoms with E-state index in [1.165, 1.54) is 24.3 Å². The predicted octanol–water partition coefficient (Wildman–Crippen LogP) is 4.28. The minimum Gasteiger partial charge on any atom is -0.493 e. The SMILES string of the molecule is COc1ccc(CCC(=O)NCc2ccnc(Oc3ccc(F)cc3)c2)cc1OC. The summed E-state index contributed by atoms with van der Waals surface area (Å²) in [4.78, 5) is 16.4. The van der Waals surface area contributed by atoms with Crippen molar-refractivity contribution in [1.29, 1.82) is 0 Å². The maximum absolute atomic E-state index is 13.0. The second-order valence-electron chi connectivity index (χ2n) is 6.52. The summed E-state index contributed by atoms with van der Waals surface area (Å²) in [6.45, 7) is 0.354. The zero-order valence-corrected chi connectivity index (χ0v) is 16.9. The van der Waals surface area contributed by atoms with E-state index in [9.17, 15) is 9.18 Å². The molecule has 0 aliphatic carbocycles. The second kappa shape index (κ2) is 10.2. The normalized spacial score (nSPS) is 10.4. The quantitative estimate of drug-likeness (QED) is 0.570. The highest BCUT2D eigenvalue weighted by molar-refractivity contribution is 5.76. The Morgan fingerprint density at radius 2 is 1.73 bits per heavy atom. The fraction of sp³-hybridized carbons (Fsp3) is 0.217. The van der Waals surface area contributed by atoms with Gasteiger partial charge in [0, 0.05) is 25.2 Å². The van der Waals surface area contributed by atoms with Crippen molar-refractivity contribution in [2.24, 2.45) is 0 Å². The number of methoxy groups -OCH3 is 2. The molecule has 0 bridgehead atoms. The smallest absolute Gasteiger partial charge is 0.220 e. The predicted molar refractivity (Wildman–Crippen MR) is 110 cm³/mol. The van der Waals surface area contributed by atoms with E-state index in [1.54, 1.807) is 32.5 Å². The molecular formula is C23H23FN2O4. The number of aromatic nitrogens is 1. The molecule has 2 aromatic carbocycles. The summed E-state index contributed by atoms with van der Waals surface area (Å²) < 4.78 is 29.1. The number of carbonyl (C=O) groups excluding carboxylic acids is 1. The highest BCUT2D eigenvalue weighted by atomic mass is 19.1. The van der Waals surface area contributed by atoms with E-state index in [0.717, 1.165) is 11.1 Å². The zero-order valence-electron chi connectivity index (χ0n) is 16.9. The number of carbonyl (C=O) groups is 1. The molecule has 1 N–H and O–H groups in total. The molecule has 6 nitrogen and oxygen atoms in total. The molecule has 0 radical (unpaired) electrons. The van der Waals surface area contributed by atoms with E-state index in [2.05, 4.69) is 10.3 Å². The fourth-order valence-electron chi connectivity index (χ4n) is 2.82. The minimum atomic E-state index is -0.333. The van der Waals surface area contributed by atoms with Gasteiger partial charge in [-0.15, -0.1) is 0 Å². The van der Waals surface area contributed by atoms with Crippen LogP contribution in [0, 0.1) is 5.82 Å². The molecule has 0 saturated heterocycles. The van der Waals surface area contributed by atoms with Crippen molar-refractivity contribution >= 4 is 5.91 Å². The van der Waals surface area contributed by atoms with Crippen LogP contribution in [0.5, 0.6) is 23.1 Å². The van der Waals surface area contributed by atoms with Gasteiger partial charge in [-0.25, -0.2) is 9.37 Å². The first-order valence-electron chi connectivity index (χ1n) is 9.43. The van der Waals surface area contributed by atoms with Gasteiger partial charge in [0.05, 0.1) is 14.2 Å². The first-order valence-corrected chi connectivity index (χ1v) is 9.43. The minimum absolute atomic E-state index is 0.0670. The van der Waals surface area contributed by atoms with Gasteiger partial charge in [0.1, 0.15) is 11.6 Å². The molecule has 156 valence electrons. The van der Waals surface area contributed by atoms with Gasteiger partial charge in [-0.1, -0.05) is 6.07 Å². The molecule has 0 atom stereocenters. The molecule has 0 aliphatic rings. The molecule has 0 unspecified atom stereocenters. The summed E-state index contributed by atoms with van der Waals surface area (Å²) in [7, 11) is 3.16. The molecule has 0 aliphatic heterocycles. The van der Waals surface area contributed by atoms with Crippen molar-refractivity contribution in [1.82, 2.24) is 10.3 Å². The van der Waals surface area contributed by atoms with Crippen molar-refractivity contribution < 1.29 is 23.4 Å². The van der Waals surface area contributed by atoms with Crippen LogP contribution >= 0.6 is 0 Å². The van der Waals surface area contributed by atoms with Crippen LogP contribution in [0.3, 0.4) is 0 Å². The number of nitrogens with zero attached hydrogens (tertiary/aromatic N) is 1. The lowest BCUT2D eigenvalue weighted by Gasteiger charge is -2.10. The van der Waals surface area contributed by atoms with Gasteiger partial charge in [0.25, 0.3) is 0 Å². The number of halogens is 1. The molecular weight excluding hydrogens is 387 g/mol. The van der Waals surface area contributed by atoms with Crippen molar-refractivity contribution in [3.63, 3.8) is 0 Å². The van der Waals surface area contributed by atoms with Gasteiger partial charge >= 0.3 is 0 Å². The Balaban J connectivity index is 1.50. The molecule has 3 aromatic rings. The van der Waals surface area contributed by atoms with Crippen molar-refractivity contribution in [3.8, 4) is 23.1 Å². The number of nitrogens with one attached hydrogen (secondary N) is 1. The van der Waals surface area contributed by atoms with Gasteiger partial charge in [-0.2, -0.15) is 0 Å². The van der Waals surface area contributed by atoms with Gasteiger partial charge in [-0.05, 0) is 60.0 Å². The number of amides is 1. The van der Waals surface area contributed by atoms with E-state index in [-0.39, 0.29) is 11.7 Å². The van der Waals surface area contributed by atoms with Crippen LogP contribution in [0.2, 0.25) is 0 Å². The number of ether oxygens (including phenoxy) is 3. The highest BCUT2D eigenvalue weighted by Crippen LogP contribution is 2.28. The summed E-state index contributed by atoms with van der Waals surface area (Å²) in [6.07, 6.45) is 2.53. The van der Waals surface area contributed by atoms with E-state index in [0.29, 0.717) is 42.5 Å². The topological polar surface area (TPSA) is 69.7 Å². The molecule has 1 aromatic heterocycles. The van der Waals surface area contributed by atoms with Gasteiger partial charge in [0.2, 0.25) is 11.8 Å². The van der Waals surface area contributed by atoms with Crippen molar-refractivity contribution in [3.05, 3.63) is 77.7 Å². The number of aryl methyl sites for hydroxylation is 1. The fourth-order valence-corrected chi connectivity index (χ4v) is 2.82. The molecule has 3 rings (SSSR count). The van der Waals surface area contributed by atoms with Crippen LogP contribution in [0.1, 0.15) is 17.5 Å². The lowest BCUT2D eigenvalue weighted by atomic mass is 10.1. The molecule has 1 heterocycles. The van der Waals surface area contributed by atoms with Crippen LogP contribution in [0.15, 0.2) is 60.8 Å². The average Bonchev–Trinajstić information content (AvgIpc) is 2.78. The average molecular weight is 410 g/mol. The van der Waals surface area contributed by atoms with Crippen LogP contribution in [0.25, 0.3) is 0 Å². The molecule has 30 heavy (non-hydrogen) atoms.